The lowest BCUT2D eigenvalue weighted by Gasteiger charge is -2.32. The molecule has 0 bridgehead atoms. The van der Waals surface area contributed by atoms with Gasteiger partial charge in [-0.2, -0.15) is 0 Å². The smallest absolute Gasteiger partial charge is 0.312 e. The molecule has 7 heteroatoms. The molecule has 3 N–H and O–H groups in total. The predicted molar refractivity (Wildman–Crippen MR) is 78.2 cm³/mol. The fourth-order valence-corrected chi connectivity index (χ4v) is 2.74. The van der Waals surface area contributed by atoms with Crippen LogP contribution in [0.2, 0.25) is 0 Å². The molecule has 1 aliphatic rings. The average molecular weight is 341 g/mol. The molecule has 1 unspecified atom stereocenters. The number of hydrogen-bond donors (Lipinski definition) is 2. The molecule has 0 saturated carbocycles. The third-order valence-corrected chi connectivity index (χ3v) is 3.78. The van der Waals surface area contributed by atoms with Crippen LogP contribution in [0, 0.1) is 5.92 Å². The van der Waals surface area contributed by atoms with E-state index >= 15 is 0 Å². The Labute approximate surface area is 125 Å². The number of urea groups is 1. The van der Waals surface area contributed by atoms with Gasteiger partial charge in [0.25, 0.3) is 5.91 Å². The third-order valence-electron chi connectivity index (χ3n) is 3.34. The van der Waals surface area contributed by atoms with Crippen molar-refractivity contribution in [1.82, 2.24) is 15.2 Å². The Balaban J connectivity index is 1.98. The summed E-state index contributed by atoms with van der Waals surface area (Å²) in [6.45, 7) is 1.89. The van der Waals surface area contributed by atoms with Gasteiger partial charge in [-0.25, -0.2) is 9.78 Å². The molecular formula is C13H17BrN4O2. The van der Waals surface area contributed by atoms with E-state index in [1.807, 2.05) is 4.90 Å². The number of piperidine rings is 1. The van der Waals surface area contributed by atoms with E-state index in [0.29, 0.717) is 23.3 Å². The van der Waals surface area contributed by atoms with Crippen molar-refractivity contribution in [3.05, 3.63) is 28.5 Å². The molecule has 0 aliphatic carbocycles. The molecule has 1 fully saturated rings. The minimum atomic E-state index is -0.522. The van der Waals surface area contributed by atoms with E-state index in [1.165, 1.54) is 0 Å². The summed E-state index contributed by atoms with van der Waals surface area (Å²) in [5.41, 5.74) is 5.69. The Morgan fingerprint density at radius 3 is 3.05 bits per heavy atom. The summed E-state index contributed by atoms with van der Waals surface area (Å²) in [6, 6.07) is 2.90. The van der Waals surface area contributed by atoms with E-state index in [4.69, 9.17) is 5.73 Å². The summed E-state index contributed by atoms with van der Waals surface area (Å²) in [5.74, 6) is 0.252. The van der Waals surface area contributed by atoms with Gasteiger partial charge in [0.1, 0.15) is 4.60 Å². The van der Waals surface area contributed by atoms with Crippen LogP contribution in [0.15, 0.2) is 22.9 Å². The normalized spacial score (nSPS) is 18.6. The number of aromatic nitrogens is 1. The van der Waals surface area contributed by atoms with Crippen molar-refractivity contribution < 1.29 is 9.59 Å². The minimum Gasteiger partial charge on any atom is -0.352 e. The Bertz CT molecular complexity index is 509. The Hall–Kier alpha value is -1.63. The highest BCUT2D eigenvalue weighted by atomic mass is 79.9. The molecule has 1 aromatic rings. The molecule has 0 aromatic carbocycles. The molecular weight excluding hydrogens is 324 g/mol. The quantitative estimate of drug-likeness (QED) is 0.814. The maximum Gasteiger partial charge on any atom is 0.312 e. The number of amides is 3. The van der Waals surface area contributed by atoms with Crippen molar-refractivity contribution >= 4 is 27.9 Å². The second kappa shape index (κ2) is 6.69. The molecule has 1 saturated heterocycles. The SMILES string of the molecule is NC(=O)NCC1CCCN(C(=O)c2ccnc(Br)c2)C1. The number of halogens is 1. The number of carbonyl (C=O) groups is 2. The molecule has 2 heterocycles. The first kappa shape index (κ1) is 14.8. The van der Waals surface area contributed by atoms with Gasteiger partial charge in [-0.15, -0.1) is 0 Å². The van der Waals surface area contributed by atoms with Gasteiger partial charge in [-0.05, 0) is 46.8 Å². The highest BCUT2D eigenvalue weighted by Crippen LogP contribution is 2.19. The summed E-state index contributed by atoms with van der Waals surface area (Å²) in [7, 11) is 0. The number of likely N-dealkylation sites (tertiary alicyclic amines) is 1. The second-order valence-corrected chi connectivity index (χ2v) is 5.68. The first-order valence-electron chi connectivity index (χ1n) is 6.50. The van der Waals surface area contributed by atoms with E-state index in [2.05, 4.69) is 26.2 Å². The van der Waals surface area contributed by atoms with Crippen LogP contribution >= 0.6 is 15.9 Å². The Morgan fingerprint density at radius 1 is 1.55 bits per heavy atom. The van der Waals surface area contributed by atoms with Gasteiger partial charge in [0.15, 0.2) is 0 Å². The molecule has 0 radical (unpaired) electrons. The summed E-state index contributed by atoms with van der Waals surface area (Å²) in [5, 5.41) is 2.61. The summed E-state index contributed by atoms with van der Waals surface area (Å²) in [6.07, 6.45) is 3.53. The molecule has 6 nitrogen and oxygen atoms in total. The number of nitrogens with two attached hydrogens (primary N) is 1. The van der Waals surface area contributed by atoms with Crippen LogP contribution in [0.5, 0.6) is 0 Å². The first-order valence-corrected chi connectivity index (χ1v) is 7.29. The number of hydrogen-bond acceptors (Lipinski definition) is 3. The second-order valence-electron chi connectivity index (χ2n) is 4.87. The van der Waals surface area contributed by atoms with Gasteiger partial charge in [0.2, 0.25) is 0 Å². The van der Waals surface area contributed by atoms with Crippen LogP contribution in [-0.2, 0) is 0 Å². The molecule has 108 valence electrons. The molecule has 1 atom stereocenters. The molecule has 3 amide bonds. The van der Waals surface area contributed by atoms with Crippen LogP contribution in [0.3, 0.4) is 0 Å². The van der Waals surface area contributed by atoms with Crippen LogP contribution < -0.4 is 11.1 Å². The van der Waals surface area contributed by atoms with Gasteiger partial charge >= 0.3 is 6.03 Å². The maximum atomic E-state index is 12.4. The standard InChI is InChI=1S/C13H17BrN4O2/c14-11-6-10(3-4-16-11)12(19)18-5-1-2-9(8-18)7-17-13(15)20/h3-4,6,9H,1-2,5,7-8H2,(H3,15,17,20). The van der Waals surface area contributed by atoms with Crippen molar-refractivity contribution in [2.75, 3.05) is 19.6 Å². The predicted octanol–water partition coefficient (Wildman–Crippen LogP) is 1.36. The van der Waals surface area contributed by atoms with Crippen molar-refractivity contribution in [2.24, 2.45) is 11.7 Å². The lowest BCUT2D eigenvalue weighted by Crippen LogP contribution is -2.44. The number of rotatable bonds is 3. The zero-order valence-electron chi connectivity index (χ0n) is 11.0. The number of carbonyl (C=O) groups excluding carboxylic acids is 2. The zero-order valence-corrected chi connectivity index (χ0v) is 12.6. The fraction of sp³-hybridized carbons (Fsp3) is 0.462. The van der Waals surface area contributed by atoms with E-state index in [1.54, 1.807) is 18.3 Å². The van der Waals surface area contributed by atoms with E-state index in [-0.39, 0.29) is 11.8 Å². The molecule has 0 spiro atoms. The monoisotopic (exact) mass is 340 g/mol. The van der Waals surface area contributed by atoms with Crippen LogP contribution in [0.4, 0.5) is 4.79 Å². The fourth-order valence-electron chi connectivity index (χ4n) is 2.38. The van der Waals surface area contributed by atoms with Crippen molar-refractivity contribution in [2.45, 2.75) is 12.8 Å². The van der Waals surface area contributed by atoms with Gasteiger partial charge in [0, 0.05) is 31.4 Å². The topological polar surface area (TPSA) is 88.3 Å². The average Bonchev–Trinajstić information content (AvgIpc) is 2.44. The van der Waals surface area contributed by atoms with E-state index in [9.17, 15) is 9.59 Å². The minimum absolute atomic E-state index is 0.00289. The Morgan fingerprint density at radius 2 is 2.35 bits per heavy atom. The van der Waals surface area contributed by atoms with Crippen molar-refractivity contribution in [3.63, 3.8) is 0 Å². The molecule has 1 aromatic heterocycles. The van der Waals surface area contributed by atoms with Crippen molar-refractivity contribution in [3.8, 4) is 0 Å². The van der Waals surface area contributed by atoms with Gasteiger partial charge in [-0.3, -0.25) is 4.79 Å². The highest BCUT2D eigenvalue weighted by molar-refractivity contribution is 9.10. The van der Waals surface area contributed by atoms with Gasteiger partial charge < -0.3 is 16.0 Å². The maximum absolute atomic E-state index is 12.4. The van der Waals surface area contributed by atoms with Crippen LogP contribution in [0.25, 0.3) is 0 Å². The van der Waals surface area contributed by atoms with Gasteiger partial charge in [0.05, 0.1) is 0 Å². The number of primary amides is 1. The number of nitrogens with zero attached hydrogens (tertiary/aromatic N) is 2. The molecule has 2 rings (SSSR count). The van der Waals surface area contributed by atoms with Gasteiger partial charge in [-0.1, -0.05) is 0 Å². The third kappa shape index (κ3) is 3.93. The largest absolute Gasteiger partial charge is 0.352 e. The zero-order chi connectivity index (χ0) is 14.5. The lowest BCUT2D eigenvalue weighted by atomic mass is 9.97. The molecule has 1 aliphatic heterocycles. The summed E-state index contributed by atoms with van der Waals surface area (Å²) < 4.78 is 0.646. The van der Waals surface area contributed by atoms with E-state index < -0.39 is 6.03 Å². The van der Waals surface area contributed by atoms with Crippen LogP contribution in [0.1, 0.15) is 23.2 Å². The van der Waals surface area contributed by atoms with E-state index in [0.717, 1.165) is 19.4 Å². The lowest BCUT2D eigenvalue weighted by molar-refractivity contribution is 0.0675. The summed E-state index contributed by atoms with van der Waals surface area (Å²) >= 11 is 3.26. The number of pyridine rings is 1. The van der Waals surface area contributed by atoms with Crippen molar-refractivity contribution in [1.29, 1.82) is 0 Å². The highest BCUT2D eigenvalue weighted by Gasteiger charge is 2.24. The summed E-state index contributed by atoms with van der Waals surface area (Å²) in [4.78, 5) is 29.0. The molecule has 20 heavy (non-hydrogen) atoms. The number of nitrogens with one attached hydrogen (secondary N) is 1. The Kier molecular flexibility index (Phi) is 4.94. The van der Waals surface area contributed by atoms with Crippen LogP contribution in [-0.4, -0.2) is 41.5 Å². The first-order chi connectivity index (χ1) is 9.56.